The van der Waals surface area contributed by atoms with Crippen molar-refractivity contribution in [2.75, 3.05) is 27.3 Å². The molecule has 0 heterocycles. The number of hydrogen-bond donors (Lipinski definition) is 2. The minimum Gasteiger partial charge on any atom is -0.493 e. The Bertz CT molecular complexity index is 1050. The van der Waals surface area contributed by atoms with E-state index in [4.69, 9.17) is 9.47 Å². The van der Waals surface area contributed by atoms with Crippen molar-refractivity contribution in [3.05, 3.63) is 58.9 Å². The predicted octanol–water partition coefficient (Wildman–Crippen LogP) is 7.05. The molecular formula is C31H45ClFNO4. The van der Waals surface area contributed by atoms with Crippen molar-refractivity contribution >= 4 is 18.4 Å². The van der Waals surface area contributed by atoms with Crippen LogP contribution in [-0.4, -0.2) is 38.4 Å². The highest BCUT2D eigenvalue weighted by molar-refractivity contribution is 5.85. The highest BCUT2D eigenvalue weighted by Crippen LogP contribution is 2.56. The van der Waals surface area contributed by atoms with Crippen LogP contribution < -0.4 is 14.8 Å². The van der Waals surface area contributed by atoms with Crippen molar-refractivity contribution in [1.29, 1.82) is 0 Å². The number of ether oxygens (including phenoxy) is 2. The van der Waals surface area contributed by atoms with Crippen LogP contribution in [0.5, 0.6) is 11.5 Å². The van der Waals surface area contributed by atoms with E-state index in [-0.39, 0.29) is 35.5 Å². The van der Waals surface area contributed by atoms with E-state index in [9.17, 15) is 14.3 Å². The molecule has 1 unspecified atom stereocenters. The van der Waals surface area contributed by atoms with Crippen LogP contribution in [0.1, 0.15) is 75.5 Å². The van der Waals surface area contributed by atoms with Gasteiger partial charge in [-0.05, 0) is 110 Å². The number of hydrogen-bond acceptors (Lipinski definition) is 4. The van der Waals surface area contributed by atoms with E-state index in [1.54, 1.807) is 20.3 Å². The first-order valence-corrected chi connectivity index (χ1v) is 13.7. The van der Waals surface area contributed by atoms with E-state index in [1.807, 2.05) is 18.2 Å². The summed E-state index contributed by atoms with van der Waals surface area (Å²) >= 11 is 0. The summed E-state index contributed by atoms with van der Waals surface area (Å²) in [5.74, 6) is 0.469. The molecule has 2 aromatic carbocycles. The van der Waals surface area contributed by atoms with Crippen LogP contribution in [-0.2, 0) is 17.6 Å². The van der Waals surface area contributed by atoms with Crippen LogP contribution in [0.2, 0.25) is 0 Å². The molecule has 212 valence electrons. The Hall–Kier alpha value is -2.31. The normalized spacial score (nSPS) is 19.4. The lowest BCUT2D eigenvalue weighted by molar-refractivity contribution is -0.149. The molecule has 0 bridgehead atoms. The zero-order valence-electron chi connectivity index (χ0n) is 23.5. The monoisotopic (exact) mass is 549 g/mol. The average molecular weight is 550 g/mol. The molecule has 0 amide bonds. The minimum atomic E-state index is -0.702. The highest BCUT2D eigenvalue weighted by Gasteiger charge is 2.51. The van der Waals surface area contributed by atoms with E-state index in [2.05, 4.69) is 32.2 Å². The number of carbonyl (C=O) groups is 1. The van der Waals surface area contributed by atoms with Crippen LogP contribution in [0.15, 0.2) is 36.4 Å². The number of carboxylic acids is 1. The maximum absolute atomic E-state index is 14.0. The quantitative estimate of drug-likeness (QED) is 0.247. The van der Waals surface area contributed by atoms with Crippen molar-refractivity contribution in [3.63, 3.8) is 0 Å². The summed E-state index contributed by atoms with van der Waals surface area (Å²) in [5, 5.41) is 14.0. The Labute approximate surface area is 233 Å². The molecule has 0 saturated carbocycles. The van der Waals surface area contributed by atoms with Gasteiger partial charge in [0.15, 0.2) is 11.5 Å². The van der Waals surface area contributed by atoms with Gasteiger partial charge in [-0.1, -0.05) is 39.3 Å². The summed E-state index contributed by atoms with van der Waals surface area (Å²) in [7, 11) is 3.28. The summed E-state index contributed by atoms with van der Waals surface area (Å²) in [6.07, 6.45) is 5.67. The highest BCUT2D eigenvalue weighted by atomic mass is 35.5. The van der Waals surface area contributed by atoms with Gasteiger partial charge in [0.25, 0.3) is 0 Å². The second-order valence-electron chi connectivity index (χ2n) is 10.8. The van der Waals surface area contributed by atoms with Gasteiger partial charge in [-0.15, -0.1) is 12.4 Å². The fraction of sp³-hybridized carbons (Fsp3) is 0.581. The van der Waals surface area contributed by atoms with Gasteiger partial charge in [0.2, 0.25) is 0 Å². The molecule has 38 heavy (non-hydrogen) atoms. The van der Waals surface area contributed by atoms with Gasteiger partial charge in [0.05, 0.1) is 20.1 Å². The van der Waals surface area contributed by atoms with Crippen LogP contribution in [0.25, 0.3) is 0 Å². The van der Waals surface area contributed by atoms with E-state index in [0.717, 1.165) is 74.2 Å². The molecule has 0 aromatic heterocycles. The first-order valence-electron chi connectivity index (χ1n) is 13.7. The lowest BCUT2D eigenvalue weighted by atomic mass is 9.53. The standard InChI is InChI=1S/C31H44FNO4.ClH/c1-6-8-26(30(34)35)31(15-14-23-20-24(32)11-12-25(23)29(31)21(2)3)16-18-33-17-7-9-22-10-13-27(36-4)28(19-22)37-5;/h10-13,19-21,26,29,33H,6-9,14-18H2,1-5H3,(H,34,35);1H/t26-,29-,31?;/m0./s1. The third-order valence-corrected chi connectivity index (χ3v) is 8.19. The van der Waals surface area contributed by atoms with Gasteiger partial charge >= 0.3 is 5.97 Å². The van der Waals surface area contributed by atoms with Crippen LogP contribution >= 0.6 is 12.4 Å². The topological polar surface area (TPSA) is 67.8 Å². The fourth-order valence-electron chi connectivity index (χ4n) is 6.64. The van der Waals surface area contributed by atoms with E-state index in [0.29, 0.717) is 6.42 Å². The SMILES string of the molecule is CCC[C@@H](C(=O)O)C1(CCNCCCc2ccc(OC)c(OC)c2)CCc2cc(F)ccc2[C@@H]1C(C)C.Cl. The molecule has 3 rings (SSSR count). The third kappa shape index (κ3) is 7.20. The van der Waals surface area contributed by atoms with Crippen molar-refractivity contribution < 1.29 is 23.8 Å². The molecule has 0 radical (unpaired) electrons. The van der Waals surface area contributed by atoms with Gasteiger partial charge in [-0.25, -0.2) is 4.39 Å². The molecule has 0 aliphatic heterocycles. The summed E-state index contributed by atoms with van der Waals surface area (Å²) in [6.45, 7) is 8.04. The second kappa shape index (κ2) is 14.7. The number of aliphatic carboxylic acids is 1. The van der Waals surface area contributed by atoms with Gasteiger partial charge in [0, 0.05) is 0 Å². The molecule has 2 N–H and O–H groups in total. The molecule has 2 aromatic rings. The van der Waals surface area contributed by atoms with E-state index in [1.165, 1.54) is 11.6 Å². The second-order valence-corrected chi connectivity index (χ2v) is 10.8. The molecule has 0 fully saturated rings. The number of aryl methyl sites for hydroxylation is 2. The largest absolute Gasteiger partial charge is 0.493 e. The summed E-state index contributed by atoms with van der Waals surface area (Å²) in [6, 6.07) is 11.1. The van der Waals surface area contributed by atoms with E-state index < -0.39 is 11.9 Å². The van der Waals surface area contributed by atoms with Crippen molar-refractivity contribution in [1.82, 2.24) is 5.32 Å². The number of carboxylic acid groups (broad SMARTS) is 1. The molecular weight excluding hydrogens is 505 g/mol. The fourth-order valence-corrected chi connectivity index (χ4v) is 6.64. The van der Waals surface area contributed by atoms with Gasteiger partial charge < -0.3 is 19.9 Å². The molecule has 0 spiro atoms. The summed E-state index contributed by atoms with van der Waals surface area (Å²) < 4.78 is 24.8. The minimum absolute atomic E-state index is 0. The summed E-state index contributed by atoms with van der Waals surface area (Å²) in [5.41, 5.74) is 3.01. The maximum Gasteiger partial charge on any atom is 0.307 e. The van der Waals surface area contributed by atoms with Crippen molar-refractivity contribution in [2.45, 2.75) is 71.6 Å². The number of halogens is 2. The predicted molar refractivity (Wildman–Crippen MR) is 153 cm³/mol. The molecule has 5 nitrogen and oxygen atoms in total. The molecule has 7 heteroatoms. The van der Waals surface area contributed by atoms with Crippen LogP contribution in [0.3, 0.4) is 0 Å². The van der Waals surface area contributed by atoms with E-state index >= 15 is 0 Å². The van der Waals surface area contributed by atoms with Gasteiger partial charge in [-0.3, -0.25) is 4.79 Å². The lowest BCUT2D eigenvalue weighted by Crippen LogP contribution is -2.47. The zero-order valence-corrected chi connectivity index (χ0v) is 24.3. The van der Waals surface area contributed by atoms with Crippen LogP contribution in [0.4, 0.5) is 4.39 Å². The van der Waals surface area contributed by atoms with Gasteiger partial charge in [-0.2, -0.15) is 0 Å². The smallest absolute Gasteiger partial charge is 0.307 e. The van der Waals surface area contributed by atoms with Crippen molar-refractivity contribution in [2.24, 2.45) is 17.3 Å². The number of rotatable bonds is 14. The molecule has 1 aliphatic carbocycles. The average Bonchev–Trinajstić information content (AvgIpc) is 2.88. The Balaban J connectivity index is 0.00000507. The van der Waals surface area contributed by atoms with Gasteiger partial charge in [0.1, 0.15) is 5.82 Å². The Kier molecular flexibility index (Phi) is 12.4. The van der Waals surface area contributed by atoms with Crippen LogP contribution in [0, 0.1) is 23.1 Å². The Morgan fingerprint density at radius 1 is 1.13 bits per heavy atom. The molecule has 0 saturated heterocycles. The lowest BCUT2D eigenvalue weighted by Gasteiger charge is -2.51. The first kappa shape index (κ1) is 31.9. The number of nitrogens with one attached hydrogen (secondary N) is 1. The molecule has 3 atom stereocenters. The Morgan fingerprint density at radius 3 is 2.50 bits per heavy atom. The Morgan fingerprint density at radius 2 is 1.87 bits per heavy atom. The third-order valence-electron chi connectivity index (χ3n) is 8.19. The number of benzene rings is 2. The number of methoxy groups -OCH3 is 2. The zero-order chi connectivity index (χ0) is 27.0. The maximum atomic E-state index is 14.0. The summed E-state index contributed by atoms with van der Waals surface area (Å²) in [4.78, 5) is 12.6. The first-order chi connectivity index (χ1) is 17.8. The van der Waals surface area contributed by atoms with Crippen molar-refractivity contribution in [3.8, 4) is 11.5 Å². The molecule has 1 aliphatic rings. The number of fused-ring (bicyclic) bond motifs is 1.